The van der Waals surface area contributed by atoms with Gasteiger partial charge >= 0.3 is 21.6 Å². The molecule has 0 aliphatic carbocycles. The van der Waals surface area contributed by atoms with Crippen molar-refractivity contribution in [3.8, 4) is 0 Å². The van der Waals surface area contributed by atoms with E-state index in [1.165, 1.54) is 0 Å². The van der Waals surface area contributed by atoms with Crippen molar-refractivity contribution in [2.75, 3.05) is 13.2 Å². The summed E-state index contributed by atoms with van der Waals surface area (Å²) in [5, 5.41) is 0. The molecule has 1 atom stereocenters. The summed E-state index contributed by atoms with van der Waals surface area (Å²) in [5.74, 6) is -0.395. The van der Waals surface area contributed by atoms with Crippen molar-refractivity contribution in [2.45, 2.75) is 45.4 Å². The first-order chi connectivity index (χ1) is 10.5. The van der Waals surface area contributed by atoms with E-state index in [9.17, 15) is 13.9 Å². The summed E-state index contributed by atoms with van der Waals surface area (Å²) in [5.41, 5.74) is 0.369. The molecule has 0 aromatic rings. The second-order valence-electron chi connectivity index (χ2n) is 4.91. The summed E-state index contributed by atoms with van der Waals surface area (Å²) in [6.07, 6.45) is 4.57. The lowest BCUT2D eigenvalue weighted by Crippen LogP contribution is -2.06. The van der Waals surface area contributed by atoms with Crippen LogP contribution in [0.4, 0.5) is 0 Å². The van der Waals surface area contributed by atoms with Gasteiger partial charge in [-0.3, -0.25) is 4.52 Å². The van der Waals surface area contributed by atoms with Crippen molar-refractivity contribution in [3.05, 3.63) is 12.2 Å². The molecule has 136 valence electrons. The Hall–Kier alpha value is -0.530. The van der Waals surface area contributed by atoms with Crippen LogP contribution in [0, 0.1) is 0 Å². The van der Waals surface area contributed by atoms with Crippen molar-refractivity contribution in [3.63, 3.8) is 0 Å². The normalized spacial score (nSPS) is 14.3. The first-order valence-corrected chi connectivity index (χ1v) is 10.1. The minimum atomic E-state index is -5.06. The summed E-state index contributed by atoms with van der Waals surface area (Å²) in [6, 6.07) is 0. The van der Waals surface area contributed by atoms with Crippen LogP contribution in [0.3, 0.4) is 0 Å². The number of carbonyl (C=O) groups is 1. The van der Waals surface area contributed by atoms with Crippen molar-refractivity contribution in [1.82, 2.24) is 0 Å². The van der Waals surface area contributed by atoms with Crippen LogP contribution in [0.1, 0.15) is 45.4 Å². The predicted octanol–water partition coefficient (Wildman–Crippen LogP) is 2.67. The van der Waals surface area contributed by atoms with E-state index in [1.54, 1.807) is 6.92 Å². The molecule has 0 aliphatic rings. The van der Waals surface area contributed by atoms with E-state index >= 15 is 0 Å². The summed E-state index contributed by atoms with van der Waals surface area (Å²) in [4.78, 5) is 36.9. The largest absolute Gasteiger partial charge is 0.481 e. The Labute approximate surface area is 135 Å². The highest BCUT2D eigenvalue weighted by Gasteiger charge is 2.31. The van der Waals surface area contributed by atoms with Crippen molar-refractivity contribution >= 4 is 21.6 Å². The van der Waals surface area contributed by atoms with Gasteiger partial charge in [0.25, 0.3) is 0 Å². The summed E-state index contributed by atoms with van der Waals surface area (Å²) in [6.45, 7) is 5.27. The van der Waals surface area contributed by atoms with Crippen LogP contribution in [-0.2, 0) is 27.5 Å². The SMILES string of the molecule is C=C(C)C(=O)OCCCCCCCCOP(=O)(O)OP(=O)(O)O. The number of ether oxygens (including phenoxy) is 1. The molecule has 0 saturated heterocycles. The van der Waals surface area contributed by atoms with Gasteiger partial charge in [-0.1, -0.05) is 32.3 Å². The maximum atomic E-state index is 11.1. The molecule has 1 unspecified atom stereocenters. The van der Waals surface area contributed by atoms with Crippen LogP contribution in [-0.4, -0.2) is 33.9 Å². The number of esters is 1. The van der Waals surface area contributed by atoms with Gasteiger partial charge in [-0.2, -0.15) is 4.31 Å². The van der Waals surface area contributed by atoms with E-state index < -0.39 is 21.6 Å². The molecule has 0 aromatic heterocycles. The molecule has 11 heteroatoms. The highest BCUT2D eigenvalue weighted by Crippen LogP contribution is 2.57. The van der Waals surface area contributed by atoms with Gasteiger partial charge in [0.15, 0.2) is 0 Å². The van der Waals surface area contributed by atoms with E-state index in [0.29, 0.717) is 18.6 Å². The zero-order valence-electron chi connectivity index (χ0n) is 13.0. The van der Waals surface area contributed by atoms with E-state index in [4.69, 9.17) is 19.4 Å². The lowest BCUT2D eigenvalue weighted by atomic mass is 10.1. The Morgan fingerprint density at radius 2 is 1.43 bits per heavy atom. The van der Waals surface area contributed by atoms with Gasteiger partial charge in [-0.25, -0.2) is 13.9 Å². The van der Waals surface area contributed by atoms with E-state index in [1.807, 2.05) is 0 Å². The number of hydrogen-bond donors (Lipinski definition) is 3. The minimum absolute atomic E-state index is 0.135. The van der Waals surface area contributed by atoms with Gasteiger partial charge in [0.05, 0.1) is 13.2 Å². The van der Waals surface area contributed by atoms with Gasteiger partial charge in [-0.15, -0.1) is 0 Å². The zero-order valence-corrected chi connectivity index (χ0v) is 14.8. The molecule has 0 fully saturated rings. The Morgan fingerprint density at radius 1 is 0.957 bits per heavy atom. The number of phosphoric ester groups is 1. The summed E-state index contributed by atoms with van der Waals surface area (Å²) >= 11 is 0. The topological polar surface area (TPSA) is 140 Å². The molecule has 3 N–H and O–H groups in total. The average molecular weight is 374 g/mol. The molecule has 23 heavy (non-hydrogen) atoms. The van der Waals surface area contributed by atoms with Crippen LogP contribution >= 0.6 is 15.6 Å². The zero-order chi connectivity index (χ0) is 17.9. The van der Waals surface area contributed by atoms with Gasteiger partial charge < -0.3 is 19.4 Å². The van der Waals surface area contributed by atoms with Crippen molar-refractivity contribution in [1.29, 1.82) is 0 Å². The summed E-state index contributed by atoms with van der Waals surface area (Å²) in [7, 11) is -9.78. The third-order valence-electron chi connectivity index (χ3n) is 2.58. The fraction of sp³-hybridized carbons (Fsp3) is 0.750. The first kappa shape index (κ1) is 22.5. The number of rotatable bonds is 13. The molecule has 0 amide bonds. The molecule has 0 rings (SSSR count). The van der Waals surface area contributed by atoms with Gasteiger partial charge in [0.2, 0.25) is 0 Å². The molecule has 9 nitrogen and oxygen atoms in total. The monoisotopic (exact) mass is 374 g/mol. The Balaban J connectivity index is 3.50. The van der Waals surface area contributed by atoms with Crippen LogP contribution in [0.2, 0.25) is 0 Å². The fourth-order valence-electron chi connectivity index (χ4n) is 1.54. The molecule has 0 radical (unpaired) electrons. The average Bonchev–Trinajstić information content (AvgIpc) is 2.37. The van der Waals surface area contributed by atoms with E-state index in [2.05, 4.69) is 15.4 Å². The molecular formula is C12H24O9P2. The maximum Gasteiger partial charge on any atom is 0.481 e. The predicted molar refractivity (Wildman–Crippen MR) is 82.4 cm³/mol. The minimum Gasteiger partial charge on any atom is -0.462 e. The lowest BCUT2D eigenvalue weighted by molar-refractivity contribution is -0.139. The van der Waals surface area contributed by atoms with Gasteiger partial charge in [0.1, 0.15) is 0 Å². The van der Waals surface area contributed by atoms with Gasteiger partial charge in [-0.05, 0) is 19.8 Å². The molecule has 0 aliphatic heterocycles. The third-order valence-corrected chi connectivity index (χ3v) is 4.77. The number of phosphoric acid groups is 2. The second kappa shape index (κ2) is 11.1. The van der Waals surface area contributed by atoms with Gasteiger partial charge in [0, 0.05) is 5.57 Å². The Morgan fingerprint density at radius 3 is 1.91 bits per heavy atom. The third kappa shape index (κ3) is 14.8. The quantitative estimate of drug-likeness (QED) is 0.192. The lowest BCUT2D eigenvalue weighted by Gasteiger charge is -2.12. The van der Waals surface area contributed by atoms with Crippen LogP contribution in [0.25, 0.3) is 0 Å². The number of hydrogen-bond acceptors (Lipinski definition) is 6. The molecule has 0 saturated carbocycles. The maximum absolute atomic E-state index is 11.1. The number of unbranched alkanes of at least 4 members (excludes halogenated alkanes) is 5. The fourth-order valence-corrected chi connectivity index (χ4v) is 3.16. The highest BCUT2D eigenvalue weighted by molar-refractivity contribution is 7.60. The number of carbonyl (C=O) groups excluding carboxylic acids is 1. The molecular weight excluding hydrogens is 350 g/mol. The van der Waals surface area contributed by atoms with E-state index in [-0.39, 0.29) is 6.61 Å². The van der Waals surface area contributed by atoms with Crippen LogP contribution in [0.15, 0.2) is 12.2 Å². The van der Waals surface area contributed by atoms with Crippen molar-refractivity contribution in [2.24, 2.45) is 0 Å². The molecule has 0 heterocycles. The molecule has 0 spiro atoms. The van der Waals surface area contributed by atoms with Crippen LogP contribution in [0.5, 0.6) is 0 Å². The standard InChI is InChI=1S/C12H24O9P2/c1-11(2)12(13)19-9-7-5-3-4-6-8-10-20-23(17,18)21-22(14,15)16/h1,3-10H2,2H3,(H,17,18)(H2,14,15,16). The smallest absolute Gasteiger partial charge is 0.462 e. The Bertz CT molecular complexity index is 471. The second-order valence-corrected chi connectivity index (χ2v) is 7.74. The molecule has 0 bridgehead atoms. The van der Waals surface area contributed by atoms with E-state index in [0.717, 1.165) is 32.1 Å². The first-order valence-electron chi connectivity index (χ1n) is 7.10. The Kier molecular flexibility index (Phi) is 10.8. The highest BCUT2D eigenvalue weighted by atomic mass is 31.3. The van der Waals surface area contributed by atoms with Crippen molar-refractivity contribution < 1.29 is 42.2 Å². The summed E-state index contributed by atoms with van der Waals surface area (Å²) < 4.78 is 34.5. The van der Waals surface area contributed by atoms with Crippen LogP contribution < -0.4 is 0 Å². The molecule has 0 aromatic carbocycles.